The molecule has 6 rings (SSSR count). The van der Waals surface area contributed by atoms with Gasteiger partial charge in [-0.05, 0) is 50.4 Å². The minimum Gasteiger partial charge on any atom is -0.347 e. The zero-order valence-electron chi connectivity index (χ0n) is 16.7. The Morgan fingerprint density at radius 2 is 1.93 bits per heavy atom. The van der Waals surface area contributed by atoms with E-state index in [9.17, 15) is 13.6 Å². The van der Waals surface area contributed by atoms with Crippen molar-refractivity contribution in [3.8, 4) is 6.07 Å². The normalized spacial score (nSPS) is 38.4. The van der Waals surface area contributed by atoms with Crippen molar-refractivity contribution in [2.24, 2.45) is 11.8 Å². The number of alkyl halides is 2. The second-order valence-electron chi connectivity index (χ2n) is 9.69. The van der Waals surface area contributed by atoms with Crippen LogP contribution >= 0.6 is 0 Å². The molecule has 1 amide bonds. The molecule has 1 aromatic rings. The van der Waals surface area contributed by atoms with Crippen LogP contribution in [0.25, 0.3) is 0 Å². The van der Waals surface area contributed by atoms with Crippen molar-refractivity contribution in [3.63, 3.8) is 0 Å². The highest BCUT2D eigenvalue weighted by Gasteiger charge is 2.58. The minimum atomic E-state index is -2.99. The van der Waals surface area contributed by atoms with Crippen molar-refractivity contribution >= 4 is 11.9 Å². The lowest BCUT2D eigenvalue weighted by atomic mass is 9.50. The lowest BCUT2D eigenvalue weighted by Crippen LogP contribution is -2.67. The molecule has 30 heavy (non-hydrogen) atoms. The van der Waals surface area contributed by atoms with Gasteiger partial charge < -0.3 is 15.5 Å². The third-order valence-corrected chi connectivity index (χ3v) is 7.27. The maximum Gasteiger partial charge on any atom is 0.268 e. The summed E-state index contributed by atoms with van der Waals surface area (Å²) in [6.07, 6.45) is 8.61. The summed E-state index contributed by atoms with van der Waals surface area (Å²) in [5.41, 5.74) is -0.349. The Hall–Kier alpha value is -2.41. The molecule has 4 saturated carbocycles. The molecule has 2 heterocycles. The molecule has 10 heteroatoms. The van der Waals surface area contributed by atoms with E-state index in [1.165, 1.54) is 12.6 Å². The molecule has 1 aliphatic heterocycles. The van der Waals surface area contributed by atoms with Crippen molar-refractivity contribution in [1.82, 2.24) is 25.4 Å². The van der Waals surface area contributed by atoms with Gasteiger partial charge in [0.05, 0.1) is 31.6 Å². The van der Waals surface area contributed by atoms with Gasteiger partial charge in [-0.15, -0.1) is 5.10 Å². The number of anilines is 1. The lowest BCUT2D eigenvalue weighted by molar-refractivity contribution is -0.132. The van der Waals surface area contributed by atoms with Crippen LogP contribution in [0.5, 0.6) is 0 Å². The number of hydrogen-bond donors (Lipinski definition) is 2. The zero-order valence-corrected chi connectivity index (χ0v) is 16.7. The zero-order chi connectivity index (χ0) is 21.0. The van der Waals surface area contributed by atoms with Gasteiger partial charge in [0, 0.05) is 17.5 Å². The number of carbonyl (C=O) groups excluding carboxylic acids is 1. The number of nitriles is 1. The van der Waals surface area contributed by atoms with Gasteiger partial charge in [-0.25, -0.2) is 13.8 Å². The van der Waals surface area contributed by atoms with Crippen LogP contribution in [0.3, 0.4) is 0 Å². The molecule has 5 aliphatic rings. The van der Waals surface area contributed by atoms with Crippen LogP contribution in [-0.4, -0.2) is 62.1 Å². The van der Waals surface area contributed by atoms with Gasteiger partial charge in [0.25, 0.3) is 5.92 Å². The first-order chi connectivity index (χ1) is 14.3. The fraction of sp³-hybridized carbons (Fsp3) is 0.750. The van der Waals surface area contributed by atoms with Crippen LogP contribution in [0.1, 0.15) is 44.9 Å². The largest absolute Gasteiger partial charge is 0.347 e. The SMILES string of the molecule is N#CC1CC(F)(F)CN1C(=O)CNC12CC3CC(C1)CC(Nc1nccnn1)(C3)C2. The highest BCUT2D eigenvalue weighted by atomic mass is 19.3. The van der Waals surface area contributed by atoms with E-state index in [1.807, 2.05) is 6.07 Å². The van der Waals surface area contributed by atoms with Gasteiger partial charge in [0.15, 0.2) is 0 Å². The molecule has 2 N–H and O–H groups in total. The van der Waals surface area contributed by atoms with Crippen LogP contribution in [0, 0.1) is 23.2 Å². The molecule has 1 saturated heterocycles. The van der Waals surface area contributed by atoms with Crippen LogP contribution in [0.15, 0.2) is 12.4 Å². The Bertz CT molecular complexity index is 860. The number of nitrogens with zero attached hydrogens (tertiary/aromatic N) is 5. The van der Waals surface area contributed by atoms with Gasteiger partial charge in [0.1, 0.15) is 6.04 Å². The van der Waals surface area contributed by atoms with Gasteiger partial charge in [0.2, 0.25) is 11.9 Å². The molecule has 8 nitrogen and oxygen atoms in total. The summed E-state index contributed by atoms with van der Waals surface area (Å²) in [7, 11) is 0. The quantitative estimate of drug-likeness (QED) is 0.751. The third kappa shape index (κ3) is 3.49. The molecule has 160 valence electrons. The van der Waals surface area contributed by atoms with Crippen LogP contribution < -0.4 is 10.6 Å². The van der Waals surface area contributed by atoms with Gasteiger partial charge in [-0.1, -0.05) is 0 Å². The maximum absolute atomic E-state index is 13.7. The number of nitrogens with one attached hydrogen (secondary N) is 2. The van der Waals surface area contributed by atoms with E-state index in [2.05, 4.69) is 25.8 Å². The summed E-state index contributed by atoms with van der Waals surface area (Å²) in [6.45, 7) is -0.693. The number of carbonyl (C=O) groups is 1. The number of likely N-dealkylation sites (tertiary alicyclic amines) is 1. The number of amides is 1. The van der Waals surface area contributed by atoms with Crippen LogP contribution in [-0.2, 0) is 4.79 Å². The lowest BCUT2D eigenvalue weighted by Gasteiger charge is -2.62. The molecule has 3 atom stereocenters. The summed E-state index contributed by atoms with van der Waals surface area (Å²) in [5, 5.41) is 24.1. The number of rotatable bonds is 5. The highest BCUT2D eigenvalue weighted by Crippen LogP contribution is 2.58. The predicted molar refractivity (Wildman–Crippen MR) is 102 cm³/mol. The van der Waals surface area contributed by atoms with E-state index in [1.54, 1.807) is 6.20 Å². The summed E-state index contributed by atoms with van der Waals surface area (Å²) in [5.74, 6) is -1.81. The molecule has 1 aromatic heterocycles. The Morgan fingerprint density at radius 3 is 2.60 bits per heavy atom. The number of aromatic nitrogens is 3. The van der Waals surface area contributed by atoms with E-state index in [0.717, 1.165) is 37.0 Å². The average Bonchev–Trinajstić information content (AvgIpc) is 3.00. The van der Waals surface area contributed by atoms with Gasteiger partial charge in [-0.2, -0.15) is 10.4 Å². The van der Waals surface area contributed by atoms with E-state index in [0.29, 0.717) is 17.8 Å². The molecule has 0 radical (unpaired) electrons. The monoisotopic (exact) mass is 417 g/mol. The Balaban J connectivity index is 1.29. The highest BCUT2D eigenvalue weighted by molar-refractivity contribution is 5.79. The fourth-order valence-electron chi connectivity index (χ4n) is 6.72. The topological polar surface area (TPSA) is 107 Å². The van der Waals surface area contributed by atoms with Gasteiger partial charge in [-0.3, -0.25) is 4.79 Å². The molecule has 4 aliphatic carbocycles. The van der Waals surface area contributed by atoms with Crippen LogP contribution in [0.4, 0.5) is 14.7 Å². The first-order valence-corrected chi connectivity index (χ1v) is 10.5. The second kappa shape index (κ2) is 6.80. The van der Waals surface area contributed by atoms with Crippen molar-refractivity contribution in [1.29, 1.82) is 5.26 Å². The molecular formula is C20H25F2N7O. The predicted octanol–water partition coefficient (Wildman–Crippen LogP) is 1.72. The van der Waals surface area contributed by atoms with E-state index in [4.69, 9.17) is 5.26 Å². The average molecular weight is 417 g/mol. The molecule has 0 spiro atoms. The first kappa shape index (κ1) is 19.5. The van der Waals surface area contributed by atoms with E-state index < -0.39 is 30.8 Å². The Morgan fingerprint density at radius 1 is 1.20 bits per heavy atom. The summed E-state index contributed by atoms with van der Waals surface area (Å²) < 4.78 is 27.4. The standard InChI is InChI=1S/C20H25F2N7O/c21-20(22)8-15(9-23)29(12-20)16(30)10-25-18-4-13-3-14(5-18)7-19(6-13,11-18)27-17-24-1-2-26-28-17/h1-2,13-15,25H,3-8,10-12H2,(H,24,27,28). The molecule has 5 fully saturated rings. The first-order valence-electron chi connectivity index (χ1n) is 10.5. The Kier molecular flexibility index (Phi) is 4.43. The molecule has 0 aromatic carbocycles. The number of hydrogen-bond acceptors (Lipinski definition) is 7. The summed E-state index contributed by atoms with van der Waals surface area (Å²) >= 11 is 0. The van der Waals surface area contributed by atoms with Crippen LogP contribution in [0.2, 0.25) is 0 Å². The maximum atomic E-state index is 13.7. The van der Waals surface area contributed by atoms with Crippen molar-refractivity contribution in [2.75, 3.05) is 18.4 Å². The minimum absolute atomic E-state index is 0.0207. The fourth-order valence-corrected chi connectivity index (χ4v) is 6.72. The summed E-state index contributed by atoms with van der Waals surface area (Å²) in [4.78, 5) is 18.0. The van der Waals surface area contributed by atoms with Crippen molar-refractivity contribution in [2.45, 2.75) is 68.0 Å². The second-order valence-corrected chi connectivity index (χ2v) is 9.69. The number of halogens is 2. The smallest absolute Gasteiger partial charge is 0.268 e. The Labute approximate surface area is 173 Å². The molecule has 4 bridgehead atoms. The van der Waals surface area contributed by atoms with E-state index in [-0.39, 0.29) is 17.6 Å². The van der Waals surface area contributed by atoms with Crippen molar-refractivity contribution < 1.29 is 13.6 Å². The third-order valence-electron chi connectivity index (χ3n) is 7.27. The molecular weight excluding hydrogens is 392 g/mol. The molecule has 3 unspecified atom stereocenters. The van der Waals surface area contributed by atoms with Crippen molar-refractivity contribution in [3.05, 3.63) is 12.4 Å². The van der Waals surface area contributed by atoms with Gasteiger partial charge >= 0.3 is 0 Å². The van der Waals surface area contributed by atoms with E-state index >= 15 is 0 Å². The summed E-state index contributed by atoms with van der Waals surface area (Å²) in [6, 6.07) is 0.791.